The van der Waals surface area contributed by atoms with E-state index in [9.17, 15) is 14.4 Å². The van der Waals surface area contributed by atoms with Crippen molar-refractivity contribution >= 4 is 45.1 Å². The van der Waals surface area contributed by atoms with Crippen molar-refractivity contribution in [1.82, 2.24) is 0 Å². The molecule has 3 rings (SSSR count). The number of carbonyl (C=O) groups is 3. The highest BCUT2D eigenvalue weighted by Gasteiger charge is 2.11. The molecule has 0 aliphatic carbocycles. The summed E-state index contributed by atoms with van der Waals surface area (Å²) in [6.45, 7) is 1.30. The van der Waals surface area contributed by atoms with Crippen LogP contribution in [0.1, 0.15) is 27.6 Å². The predicted molar refractivity (Wildman–Crippen MR) is 114 cm³/mol. The van der Waals surface area contributed by atoms with Crippen molar-refractivity contribution in [2.45, 2.75) is 6.92 Å². The molecular weight excluding hydrogens is 436 g/mol. The molecule has 146 valence electrons. The SMILES string of the molecule is CC(=O)Oc1cccc(C(=O)Nc2ccc(NC(=O)c3ccccc3Br)cc2)c1. The van der Waals surface area contributed by atoms with Crippen molar-refractivity contribution in [2.75, 3.05) is 10.6 Å². The Morgan fingerprint density at radius 2 is 1.41 bits per heavy atom. The number of hydrogen-bond donors (Lipinski definition) is 2. The zero-order valence-corrected chi connectivity index (χ0v) is 17.0. The predicted octanol–water partition coefficient (Wildman–Crippen LogP) is 4.88. The smallest absolute Gasteiger partial charge is 0.308 e. The van der Waals surface area contributed by atoms with Gasteiger partial charge in [0.25, 0.3) is 11.8 Å². The van der Waals surface area contributed by atoms with Gasteiger partial charge in [0, 0.05) is 28.3 Å². The summed E-state index contributed by atoms with van der Waals surface area (Å²) in [6, 6.07) is 20.2. The van der Waals surface area contributed by atoms with E-state index in [1.807, 2.05) is 6.07 Å². The zero-order chi connectivity index (χ0) is 20.8. The highest BCUT2D eigenvalue weighted by molar-refractivity contribution is 9.10. The van der Waals surface area contributed by atoms with Crippen molar-refractivity contribution in [3.63, 3.8) is 0 Å². The van der Waals surface area contributed by atoms with Crippen LogP contribution in [0.4, 0.5) is 11.4 Å². The Morgan fingerprint density at radius 1 is 0.793 bits per heavy atom. The van der Waals surface area contributed by atoms with Crippen LogP contribution in [0.5, 0.6) is 5.75 Å². The zero-order valence-electron chi connectivity index (χ0n) is 15.4. The molecule has 0 bridgehead atoms. The molecule has 2 amide bonds. The van der Waals surface area contributed by atoms with E-state index in [1.54, 1.807) is 60.7 Å². The summed E-state index contributed by atoms with van der Waals surface area (Å²) in [5.41, 5.74) is 2.04. The summed E-state index contributed by atoms with van der Waals surface area (Å²) in [5.74, 6) is -0.737. The maximum Gasteiger partial charge on any atom is 0.308 e. The van der Waals surface area contributed by atoms with Crippen LogP contribution in [0.15, 0.2) is 77.3 Å². The van der Waals surface area contributed by atoms with Gasteiger partial charge in [-0.25, -0.2) is 0 Å². The van der Waals surface area contributed by atoms with Crippen molar-refractivity contribution in [2.24, 2.45) is 0 Å². The highest BCUT2D eigenvalue weighted by Crippen LogP contribution is 2.20. The van der Waals surface area contributed by atoms with E-state index in [1.165, 1.54) is 13.0 Å². The second-order valence-corrected chi connectivity index (χ2v) is 6.94. The molecule has 2 N–H and O–H groups in total. The molecule has 3 aromatic carbocycles. The molecule has 0 radical (unpaired) electrons. The third-order valence-corrected chi connectivity index (χ3v) is 4.57. The highest BCUT2D eigenvalue weighted by atomic mass is 79.9. The van der Waals surface area contributed by atoms with Crippen LogP contribution in [-0.2, 0) is 4.79 Å². The first-order valence-electron chi connectivity index (χ1n) is 8.68. The van der Waals surface area contributed by atoms with Gasteiger partial charge in [0.15, 0.2) is 0 Å². The summed E-state index contributed by atoms with van der Waals surface area (Å²) in [5, 5.41) is 5.57. The first-order chi connectivity index (χ1) is 13.9. The maximum atomic E-state index is 12.4. The molecule has 0 aliphatic heterocycles. The van der Waals surface area contributed by atoms with Crippen LogP contribution in [0.3, 0.4) is 0 Å². The Morgan fingerprint density at radius 3 is 2.03 bits per heavy atom. The molecule has 0 spiro atoms. The Labute approximate surface area is 176 Å². The number of amides is 2. The number of nitrogens with one attached hydrogen (secondary N) is 2. The number of esters is 1. The molecule has 6 nitrogen and oxygen atoms in total. The minimum absolute atomic E-state index is 0.239. The lowest BCUT2D eigenvalue weighted by molar-refractivity contribution is -0.131. The minimum atomic E-state index is -0.456. The van der Waals surface area contributed by atoms with Gasteiger partial charge in [-0.2, -0.15) is 0 Å². The lowest BCUT2D eigenvalue weighted by Crippen LogP contribution is -2.13. The topological polar surface area (TPSA) is 84.5 Å². The molecule has 0 aliphatic rings. The third-order valence-electron chi connectivity index (χ3n) is 3.88. The molecule has 0 atom stereocenters. The van der Waals surface area contributed by atoms with Crippen LogP contribution in [-0.4, -0.2) is 17.8 Å². The fourth-order valence-electron chi connectivity index (χ4n) is 2.55. The molecule has 7 heteroatoms. The van der Waals surface area contributed by atoms with E-state index in [2.05, 4.69) is 26.6 Å². The molecule has 0 aromatic heterocycles. The van der Waals surface area contributed by atoms with Gasteiger partial charge >= 0.3 is 5.97 Å². The largest absolute Gasteiger partial charge is 0.427 e. The number of halogens is 1. The fraction of sp³-hybridized carbons (Fsp3) is 0.0455. The molecule has 0 saturated heterocycles. The average Bonchev–Trinajstić information content (AvgIpc) is 2.69. The quantitative estimate of drug-likeness (QED) is 0.426. The van der Waals surface area contributed by atoms with Crippen molar-refractivity contribution in [3.8, 4) is 5.75 Å². The van der Waals surface area contributed by atoms with E-state index < -0.39 is 5.97 Å². The van der Waals surface area contributed by atoms with Crippen molar-refractivity contribution in [3.05, 3.63) is 88.4 Å². The van der Waals surface area contributed by atoms with Gasteiger partial charge in [-0.1, -0.05) is 18.2 Å². The summed E-state index contributed by atoms with van der Waals surface area (Å²) in [6.07, 6.45) is 0. The second kappa shape index (κ2) is 9.16. The number of ether oxygens (including phenoxy) is 1. The normalized spacial score (nSPS) is 10.1. The second-order valence-electron chi connectivity index (χ2n) is 6.09. The monoisotopic (exact) mass is 452 g/mol. The Hall–Kier alpha value is -3.45. The first kappa shape index (κ1) is 20.3. The van der Waals surface area contributed by atoms with Gasteiger partial charge in [-0.05, 0) is 70.5 Å². The van der Waals surface area contributed by atoms with Crippen molar-refractivity contribution < 1.29 is 19.1 Å². The lowest BCUT2D eigenvalue weighted by atomic mass is 10.2. The Kier molecular flexibility index (Phi) is 6.41. The number of hydrogen-bond acceptors (Lipinski definition) is 4. The Bertz CT molecular complexity index is 1060. The molecule has 3 aromatic rings. The van der Waals surface area contributed by atoms with Gasteiger partial charge in [-0.3, -0.25) is 14.4 Å². The van der Waals surface area contributed by atoms with Crippen LogP contribution < -0.4 is 15.4 Å². The number of anilines is 2. The van der Waals surface area contributed by atoms with Gasteiger partial charge in [-0.15, -0.1) is 0 Å². The third kappa shape index (κ3) is 5.52. The summed E-state index contributed by atoms with van der Waals surface area (Å²) >= 11 is 3.35. The number of rotatable bonds is 5. The van der Waals surface area contributed by atoms with E-state index in [-0.39, 0.29) is 11.8 Å². The van der Waals surface area contributed by atoms with E-state index >= 15 is 0 Å². The van der Waals surface area contributed by atoms with Gasteiger partial charge in [0.05, 0.1) is 5.56 Å². The average molecular weight is 453 g/mol. The molecular formula is C22H17BrN2O4. The summed E-state index contributed by atoms with van der Waals surface area (Å²) in [7, 11) is 0. The Balaban J connectivity index is 1.65. The minimum Gasteiger partial charge on any atom is -0.427 e. The molecule has 29 heavy (non-hydrogen) atoms. The summed E-state index contributed by atoms with van der Waals surface area (Å²) in [4.78, 5) is 35.8. The molecule has 0 fully saturated rings. The standard InChI is InChI=1S/C22H17BrN2O4/c1-14(26)29-18-6-4-5-15(13-18)21(27)24-16-9-11-17(12-10-16)25-22(28)19-7-2-3-8-20(19)23/h2-13H,1H3,(H,24,27)(H,25,28). The van der Waals surface area contributed by atoms with E-state index in [0.29, 0.717) is 32.7 Å². The van der Waals surface area contributed by atoms with Crippen LogP contribution in [0, 0.1) is 0 Å². The molecule has 0 saturated carbocycles. The van der Waals surface area contributed by atoms with Crippen molar-refractivity contribution in [1.29, 1.82) is 0 Å². The van der Waals surface area contributed by atoms with E-state index in [0.717, 1.165) is 0 Å². The van der Waals surface area contributed by atoms with Crippen LogP contribution in [0.2, 0.25) is 0 Å². The first-order valence-corrected chi connectivity index (χ1v) is 9.47. The van der Waals surface area contributed by atoms with Crippen LogP contribution >= 0.6 is 15.9 Å². The lowest BCUT2D eigenvalue weighted by Gasteiger charge is -2.09. The summed E-state index contributed by atoms with van der Waals surface area (Å²) < 4.78 is 5.70. The van der Waals surface area contributed by atoms with Gasteiger partial charge in [0.1, 0.15) is 5.75 Å². The van der Waals surface area contributed by atoms with Crippen LogP contribution in [0.25, 0.3) is 0 Å². The number of carbonyl (C=O) groups excluding carboxylic acids is 3. The van der Waals surface area contributed by atoms with Gasteiger partial charge in [0.2, 0.25) is 0 Å². The fourth-order valence-corrected chi connectivity index (χ4v) is 3.02. The molecule has 0 heterocycles. The number of benzene rings is 3. The molecule has 0 unspecified atom stereocenters. The van der Waals surface area contributed by atoms with Gasteiger partial charge < -0.3 is 15.4 Å². The van der Waals surface area contributed by atoms with E-state index in [4.69, 9.17) is 4.74 Å². The maximum absolute atomic E-state index is 12.4.